The summed E-state index contributed by atoms with van der Waals surface area (Å²) in [5.41, 5.74) is 1.69. The summed E-state index contributed by atoms with van der Waals surface area (Å²) in [5, 5.41) is 4.89. The van der Waals surface area contributed by atoms with Crippen LogP contribution in [0.1, 0.15) is 5.69 Å². The molecule has 0 aliphatic carbocycles. The number of amides is 4. The van der Waals surface area contributed by atoms with Crippen molar-refractivity contribution in [2.24, 2.45) is 0 Å². The van der Waals surface area contributed by atoms with Crippen LogP contribution in [0.2, 0.25) is 5.02 Å². The molecule has 0 saturated carbocycles. The van der Waals surface area contributed by atoms with E-state index in [4.69, 9.17) is 11.6 Å². The largest absolute Gasteiger partial charge is 0.335 e. The highest BCUT2D eigenvalue weighted by Gasteiger charge is 2.37. The monoisotopic (exact) mass is 441 g/mol. The maximum atomic E-state index is 13.1. The number of carbonyl (C=O) groups is 3. The first-order valence-electron chi connectivity index (χ1n) is 9.85. The molecule has 5 rings (SSSR count). The minimum atomic E-state index is -0.801. The molecule has 7 heteroatoms. The Balaban J connectivity index is 1.55. The van der Waals surface area contributed by atoms with Crippen molar-refractivity contribution in [2.45, 2.75) is 0 Å². The van der Waals surface area contributed by atoms with E-state index < -0.39 is 17.8 Å². The second kappa shape index (κ2) is 7.83. The summed E-state index contributed by atoms with van der Waals surface area (Å²) in [4.78, 5) is 38.9. The SMILES string of the molecule is O=C1NC(=O)N(c2ccc(Cl)cc2)C(=O)/C1=C/c1cccn1-c1ccc2ccccc2c1. The van der Waals surface area contributed by atoms with Gasteiger partial charge in [0.15, 0.2) is 0 Å². The van der Waals surface area contributed by atoms with Gasteiger partial charge in [-0.15, -0.1) is 0 Å². The summed E-state index contributed by atoms with van der Waals surface area (Å²) in [6.45, 7) is 0. The summed E-state index contributed by atoms with van der Waals surface area (Å²) in [5.74, 6) is -1.44. The third-order valence-electron chi connectivity index (χ3n) is 5.27. The molecule has 0 spiro atoms. The predicted octanol–water partition coefficient (Wildman–Crippen LogP) is 4.95. The maximum Gasteiger partial charge on any atom is 0.335 e. The van der Waals surface area contributed by atoms with E-state index in [1.54, 1.807) is 30.3 Å². The predicted molar refractivity (Wildman–Crippen MR) is 124 cm³/mol. The lowest BCUT2D eigenvalue weighted by Crippen LogP contribution is -2.54. The minimum Gasteiger partial charge on any atom is -0.317 e. The number of benzene rings is 3. The quantitative estimate of drug-likeness (QED) is 0.361. The number of hydrogen-bond donors (Lipinski definition) is 1. The van der Waals surface area contributed by atoms with Gasteiger partial charge >= 0.3 is 6.03 Å². The lowest BCUT2D eigenvalue weighted by atomic mass is 10.1. The van der Waals surface area contributed by atoms with E-state index in [1.807, 2.05) is 59.3 Å². The molecule has 1 N–H and O–H groups in total. The third kappa shape index (κ3) is 3.46. The van der Waals surface area contributed by atoms with E-state index in [9.17, 15) is 14.4 Å². The molecule has 1 aliphatic heterocycles. The van der Waals surface area contributed by atoms with Crippen molar-refractivity contribution in [1.29, 1.82) is 0 Å². The van der Waals surface area contributed by atoms with Crippen molar-refractivity contribution >= 4 is 52.0 Å². The smallest absolute Gasteiger partial charge is 0.317 e. The van der Waals surface area contributed by atoms with Crippen LogP contribution >= 0.6 is 11.6 Å². The van der Waals surface area contributed by atoms with Crippen LogP contribution in [0, 0.1) is 0 Å². The van der Waals surface area contributed by atoms with Gasteiger partial charge in [0.1, 0.15) is 5.57 Å². The Hall–Kier alpha value is -4.16. The van der Waals surface area contributed by atoms with Gasteiger partial charge in [0.05, 0.1) is 5.69 Å². The fourth-order valence-corrected chi connectivity index (χ4v) is 3.83. The molecule has 0 radical (unpaired) electrons. The Morgan fingerprint density at radius 2 is 1.50 bits per heavy atom. The first-order chi connectivity index (χ1) is 15.5. The summed E-state index contributed by atoms with van der Waals surface area (Å²) in [6, 6.07) is 23.1. The van der Waals surface area contributed by atoms with Gasteiger partial charge in [-0.25, -0.2) is 9.69 Å². The first-order valence-corrected chi connectivity index (χ1v) is 10.2. The number of barbiturate groups is 1. The van der Waals surface area contributed by atoms with Gasteiger partial charge in [0, 0.05) is 22.6 Å². The molecule has 0 bridgehead atoms. The highest BCUT2D eigenvalue weighted by atomic mass is 35.5. The number of urea groups is 1. The zero-order valence-electron chi connectivity index (χ0n) is 16.7. The summed E-state index contributed by atoms with van der Waals surface area (Å²) in [7, 11) is 0. The van der Waals surface area contributed by atoms with Gasteiger partial charge in [-0.05, 0) is 65.4 Å². The molecular formula is C25H16ClN3O3. The van der Waals surface area contributed by atoms with Crippen LogP contribution in [-0.4, -0.2) is 22.4 Å². The van der Waals surface area contributed by atoms with Crippen molar-refractivity contribution < 1.29 is 14.4 Å². The van der Waals surface area contributed by atoms with Crippen LogP contribution in [0.3, 0.4) is 0 Å². The molecule has 0 atom stereocenters. The van der Waals surface area contributed by atoms with Crippen molar-refractivity contribution in [3.8, 4) is 5.69 Å². The number of hydrogen-bond acceptors (Lipinski definition) is 3. The molecule has 1 aliphatic rings. The molecule has 2 heterocycles. The summed E-state index contributed by atoms with van der Waals surface area (Å²) >= 11 is 5.91. The van der Waals surface area contributed by atoms with E-state index in [-0.39, 0.29) is 5.57 Å². The lowest BCUT2D eigenvalue weighted by molar-refractivity contribution is -0.122. The number of nitrogens with one attached hydrogen (secondary N) is 1. The fraction of sp³-hybridized carbons (Fsp3) is 0. The molecule has 1 saturated heterocycles. The second-order valence-corrected chi connectivity index (χ2v) is 7.71. The van der Waals surface area contributed by atoms with E-state index in [0.29, 0.717) is 16.4 Å². The molecule has 3 aromatic carbocycles. The maximum absolute atomic E-state index is 13.1. The molecular weight excluding hydrogens is 426 g/mol. The number of fused-ring (bicyclic) bond motifs is 1. The van der Waals surface area contributed by atoms with E-state index in [2.05, 4.69) is 5.32 Å². The summed E-state index contributed by atoms with van der Waals surface area (Å²) < 4.78 is 1.88. The molecule has 6 nitrogen and oxygen atoms in total. The van der Waals surface area contributed by atoms with E-state index in [1.165, 1.54) is 6.08 Å². The molecule has 4 aromatic rings. The number of imide groups is 2. The highest BCUT2D eigenvalue weighted by Crippen LogP contribution is 2.25. The average Bonchev–Trinajstić information content (AvgIpc) is 3.26. The van der Waals surface area contributed by atoms with Crippen LogP contribution < -0.4 is 10.2 Å². The highest BCUT2D eigenvalue weighted by molar-refractivity contribution is 6.39. The van der Waals surface area contributed by atoms with Crippen molar-refractivity contribution in [3.05, 3.63) is 101 Å². The van der Waals surface area contributed by atoms with Crippen molar-refractivity contribution in [3.63, 3.8) is 0 Å². The first kappa shape index (κ1) is 19.8. The van der Waals surface area contributed by atoms with E-state index >= 15 is 0 Å². The minimum absolute atomic E-state index is 0.139. The number of nitrogens with zero attached hydrogens (tertiary/aromatic N) is 2. The van der Waals surface area contributed by atoms with Gasteiger partial charge in [0.2, 0.25) is 0 Å². The Morgan fingerprint density at radius 3 is 2.28 bits per heavy atom. The van der Waals surface area contributed by atoms with Crippen LogP contribution in [0.4, 0.5) is 10.5 Å². The van der Waals surface area contributed by atoms with Crippen LogP contribution in [0.25, 0.3) is 22.5 Å². The average molecular weight is 442 g/mol. The number of aromatic nitrogens is 1. The molecule has 4 amide bonds. The van der Waals surface area contributed by atoms with Gasteiger partial charge in [-0.3, -0.25) is 14.9 Å². The molecule has 1 fully saturated rings. The van der Waals surface area contributed by atoms with Gasteiger partial charge in [-0.2, -0.15) is 0 Å². The Morgan fingerprint density at radius 1 is 0.781 bits per heavy atom. The zero-order valence-corrected chi connectivity index (χ0v) is 17.4. The van der Waals surface area contributed by atoms with Crippen LogP contribution in [-0.2, 0) is 9.59 Å². The van der Waals surface area contributed by atoms with Crippen molar-refractivity contribution in [1.82, 2.24) is 9.88 Å². The van der Waals surface area contributed by atoms with Gasteiger partial charge in [-0.1, -0.05) is 41.9 Å². The molecule has 1 aromatic heterocycles. The normalized spacial score (nSPS) is 15.5. The topological polar surface area (TPSA) is 71.4 Å². The molecule has 0 unspecified atom stereocenters. The fourth-order valence-electron chi connectivity index (χ4n) is 3.70. The molecule has 156 valence electrons. The van der Waals surface area contributed by atoms with Gasteiger partial charge in [0.25, 0.3) is 11.8 Å². The number of halogens is 1. The van der Waals surface area contributed by atoms with Crippen LogP contribution in [0.15, 0.2) is 90.6 Å². The standard InChI is InChI=1S/C25H16ClN3O3/c26-18-8-11-19(12-9-18)29-24(31)22(23(30)27-25(29)32)15-20-6-3-13-28(20)21-10-7-16-4-1-2-5-17(16)14-21/h1-15H,(H,27,30,32)/b22-15+. The Kier molecular flexibility index (Phi) is 4.84. The lowest BCUT2D eigenvalue weighted by Gasteiger charge is -2.26. The Labute approximate surface area is 188 Å². The second-order valence-electron chi connectivity index (χ2n) is 7.27. The van der Waals surface area contributed by atoms with Crippen LogP contribution in [0.5, 0.6) is 0 Å². The van der Waals surface area contributed by atoms with Crippen molar-refractivity contribution in [2.75, 3.05) is 4.90 Å². The third-order valence-corrected chi connectivity index (χ3v) is 5.52. The zero-order chi connectivity index (χ0) is 22.2. The number of anilines is 1. The number of rotatable bonds is 3. The Bertz CT molecular complexity index is 1420. The number of carbonyl (C=O) groups excluding carboxylic acids is 3. The molecule has 32 heavy (non-hydrogen) atoms. The summed E-state index contributed by atoms with van der Waals surface area (Å²) in [6.07, 6.45) is 3.34. The van der Waals surface area contributed by atoms with Gasteiger partial charge < -0.3 is 4.57 Å². The van der Waals surface area contributed by atoms with E-state index in [0.717, 1.165) is 21.4 Å².